The van der Waals surface area contributed by atoms with Crippen molar-refractivity contribution in [2.75, 3.05) is 13.7 Å². The average Bonchev–Trinajstić information content (AvgIpc) is 4.06. The molecule has 2 amide bonds. The van der Waals surface area contributed by atoms with E-state index >= 15 is 0 Å². The summed E-state index contributed by atoms with van der Waals surface area (Å²) in [5, 5.41) is 6.17. The van der Waals surface area contributed by atoms with Gasteiger partial charge in [0.05, 0.1) is 23.9 Å². The van der Waals surface area contributed by atoms with E-state index in [1.165, 1.54) is 26.2 Å². The molecule has 278 valence electrons. The summed E-state index contributed by atoms with van der Waals surface area (Å²) in [5.74, 6) is 0.943. The Morgan fingerprint density at radius 3 is 2.04 bits per heavy atom. The van der Waals surface area contributed by atoms with E-state index in [-0.39, 0.29) is 34.3 Å². The number of carbonyl (C=O) groups is 3. The van der Waals surface area contributed by atoms with Crippen molar-refractivity contribution >= 4 is 50.1 Å². The van der Waals surface area contributed by atoms with Crippen LogP contribution in [0.5, 0.6) is 5.75 Å². The fraction of sp³-hybridized carbons (Fsp3) is 0.459. The zero-order valence-electron chi connectivity index (χ0n) is 30.2. The molecular formula is C37H55ClN4O7S. The number of fused-ring (bicyclic) bond motifs is 1. The molecule has 1 saturated heterocycles. The maximum atomic E-state index is 12.1. The molecule has 0 spiro atoms. The first kappa shape index (κ1) is 46.0. The van der Waals surface area contributed by atoms with Crippen molar-refractivity contribution in [2.24, 2.45) is 0 Å². The van der Waals surface area contributed by atoms with Crippen LogP contribution in [0.15, 0.2) is 72.5 Å². The Morgan fingerprint density at radius 2 is 1.58 bits per heavy atom. The highest BCUT2D eigenvalue weighted by Gasteiger charge is 2.35. The van der Waals surface area contributed by atoms with E-state index in [0.29, 0.717) is 24.3 Å². The van der Waals surface area contributed by atoms with Crippen molar-refractivity contribution in [3.05, 3.63) is 78.0 Å². The van der Waals surface area contributed by atoms with Gasteiger partial charge in [0.2, 0.25) is 27.6 Å². The lowest BCUT2D eigenvalue weighted by Gasteiger charge is -2.09. The molecule has 2 heterocycles. The summed E-state index contributed by atoms with van der Waals surface area (Å²) in [7, 11) is -1.64. The number of H-pyrrole nitrogens is 1. The van der Waals surface area contributed by atoms with Crippen molar-refractivity contribution < 1.29 is 27.5 Å². The topological polar surface area (TPSA) is 164 Å². The first-order chi connectivity index (χ1) is 23.9. The van der Waals surface area contributed by atoms with Gasteiger partial charge in [0.1, 0.15) is 5.75 Å². The molecule has 0 unspecified atom stereocenters. The second-order valence-electron chi connectivity index (χ2n) is 10.9. The number of nitrogens with one attached hydrogen (secondary N) is 4. The van der Waals surface area contributed by atoms with Gasteiger partial charge < -0.3 is 20.4 Å². The van der Waals surface area contributed by atoms with Gasteiger partial charge in [0.15, 0.2) is 5.43 Å². The minimum atomic E-state index is -3.26. The largest absolute Gasteiger partial charge is 0.497 e. The predicted molar refractivity (Wildman–Crippen MR) is 205 cm³/mol. The van der Waals surface area contributed by atoms with Gasteiger partial charge in [-0.1, -0.05) is 64.4 Å². The summed E-state index contributed by atoms with van der Waals surface area (Å²) in [6, 6.07) is 17.4. The number of amides is 2. The summed E-state index contributed by atoms with van der Waals surface area (Å²) in [5.41, 5.74) is 2.59. The van der Waals surface area contributed by atoms with Gasteiger partial charge in [-0.2, -0.15) is 0 Å². The van der Waals surface area contributed by atoms with Crippen LogP contribution in [-0.4, -0.2) is 61.9 Å². The number of sulfonamides is 1. The lowest BCUT2D eigenvalue weighted by molar-refractivity contribution is -0.123. The predicted octanol–water partition coefficient (Wildman–Crippen LogP) is 6.46. The fourth-order valence-corrected chi connectivity index (χ4v) is 5.19. The summed E-state index contributed by atoms with van der Waals surface area (Å²) in [6.45, 7) is 16.5. The minimum Gasteiger partial charge on any atom is -0.497 e. The number of halogens is 1. The summed E-state index contributed by atoms with van der Waals surface area (Å²) < 4.78 is 28.3. The Morgan fingerprint density at radius 1 is 1.00 bits per heavy atom. The summed E-state index contributed by atoms with van der Waals surface area (Å²) >= 11 is 4.64. The third-order valence-corrected chi connectivity index (χ3v) is 8.37. The molecule has 11 nitrogen and oxygen atoms in total. The third-order valence-electron chi connectivity index (χ3n) is 6.60. The average molecular weight is 735 g/mol. The normalized spacial score (nSPS) is 15.2. The SMILES string of the molecule is C=C.CC.CC(=O)Cl.CCC.COc1ccc2c(=O)cc(-c3ccccc3)[nH]c2c1.O=C(NC1CC1)[C@@H]1CCCN1.O=CNS(=O)(=O)C1CC1. The molecule has 0 radical (unpaired) electrons. The van der Waals surface area contributed by atoms with Crippen LogP contribution in [0.3, 0.4) is 0 Å². The summed E-state index contributed by atoms with van der Waals surface area (Å²) in [6.07, 6.45) is 7.33. The Balaban J connectivity index is 0.000000663. The van der Waals surface area contributed by atoms with E-state index in [0.717, 1.165) is 41.9 Å². The van der Waals surface area contributed by atoms with E-state index in [1.807, 2.05) is 50.2 Å². The number of aromatic amines is 1. The lowest BCUT2D eigenvalue weighted by atomic mass is 10.1. The Bertz CT molecular complexity index is 1580. The standard InChI is InChI=1S/C16H13NO2.C8H14N2O.C4H7NO3S.C3H8.C2H3ClO.C2H6.C2H4/c1-19-12-7-8-13-15(9-12)17-14(10-16(13)18)11-5-3-2-4-6-11;11-8(10-6-3-4-6)7-2-1-5-9-7;6-3-5-9(7,8)4-1-2-4;1-3-2;1-2(3)4;2*1-2/h2-10H,1H3,(H,17,18);6-7,9H,1-5H2,(H,10,11);3-4H,1-2H2,(H,5,6);3H2,1-2H3;1H3;1-2H3;1-2H2/t;7-;;;;;/m.0...../s1. The molecule has 1 atom stereocenters. The van der Waals surface area contributed by atoms with Gasteiger partial charge in [0, 0.05) is 36.2 Å². The highest BCUT2D eigenvalue weighted by Crippen LogP contribution is 2.27. The van der Waals surface area contributed by atoms with Crippen LogP contribution >= 0.6 is 11.6 Å². The van der Waals surface area contributed by atoms with Gasteiger partial charge in [-0.15, -0.1) is 13.2 Å². The van der Waals surface area contributed by atoms with Crippen LogP contribution in [0.25, 0.3) is 22.2 Å². The molecular weight excluding hydrogens is 680 g/mol. The number of aromatic nitrogens is 1. The smallest absolute Gasteiger partial charge is 0.237 e. The molecule has 4 N–H and O–H groups in total. The van der Waals surface area contributed by atoms with Crippen molar-refractivity contribution in [3.8, 4) is 17.0 Å². The Hall–Kier alpha value is -4.00. The minimum absolute atomic E-state index is 0.00950. The van der Waals surface area contributed by atoms with E-state index in [1.54, 1.807) is 30.0 Å². The number of hydrogen-bond donors (Lipinski definition) is 4. The van der Waals surface area contributed by atoms with Gasteiger partial charge in [0.25, 0.3) is 0 Å². The number of hydrogen-bond acceptors (Lipinski definition) is 8. The van der Waals surface area contributed by atoms with Crippen LogP contribution < -0.4 is 25.5 Å². The third kappa shape index (κ3) is 18.7. The number of ether oxygens (including phenoxy) is 1. The van der Waals surface area contributed by atoms with Gasteiger partial charge in [-0.25, -0.2) is 8.42 Å². The molecule has 3 aliphatic rings. The van der Waals surface area contributed by atoms with Gasteiger partial charge in [-0.05, 0) is 74.4 Å². The number of carbonyl (C=O) groups excluding carboxylic acids is 3. The number of rotatable bonds is 7. The molecule has 3 aromatic rings. The van der Waals surface area contributed by atoms with Gasteiger partial charge >= 0.3 is 0 Å². The molecule has 6 rings (SSSR count). The molecule has 1 aromatic heterocycles. The quantitative estimate of drug-likeness (QED) is 0.122. The van der Waals surface area contributed by atoms with Gasteiger partial charge in [-0.3, -0.25) is 23.9 Å². The van der Waals surface area contributed by atoms with Crippen LogP contribution in [0.4, 0.5) is 0 Å². The monoisotopic (exact) mass is 734 g/mol. The highest BCUT2D eigenvalue weighted by atomic mass is 35.5. The van der Waals surface area contributed by atoms with Crippen LogP contribution in [0.1, 0.15) is 79.6 Å². The van der Waals surface area contributed by atoms with E-state index < -0.39 is 10.0 Å². The van der Waals surface area contributed by atoms with E-state index in [9.17, 15) is 27.6 Å². The van der Waals surface area contributed by atoms with E-state index in [4.69, 9.17) is 4.74 Å². The highest BCUT2D eigenvalue weighted by molar-refractivity contribution is 7.90. The first-order valence-electron chi connectivity index (χ1n) is 16.9. The molecule has 2 saturated carbocycles. The number of pyridine rings is 1. The number of methoxy groups -OCH3 is 1. The molecule has 2 aromatic carbocycles. The number of benzene rings is 2. The fourth-order valence-electron chi connectivity index (χ4n) is 4.11. The summed E-state index contributed by atoms with van der Waals surface area (Å²) in [4.78, 5) is 45.6. The lowest BCUT2D eigenvalue weighted by Crippen LogP contribution is -2.41. The Kier molecular flexibility index (Phi) is 23.8. The van der Waals surface area contributed by atoms with Crippen LogP contribution in [0.2, 0.25) is 0 Å². The van der Waals surface area contributed by atoms with Crippen LogP contribution in [0, 0.1) is 0 Å². The van der Waals surface area contributed by atoms with Crippen LogP contribution in [-0.2, 0) is 24.4 Å². The van der Waals surface area contributed by atoms with Crippen molar-refractivity contribution in [1.82, 2.24) is 20.3 Å². The molecule has 2 aliphatic carbocycles. The van der Waals surface area contributed by atoms with Crippen molar-refractivity contribution in [1.29, 1.82) is 0 Å². The molecule has 50 heavy (non-hydrogen) atoms. The Labute approximate surface area is 302 Å². The maximum absolute atomic E-state index is 12.1. The molecule has 3 fully saturated rings. The zero-order valence-corrected chi connectivity index (χ0v) is 31.8. The second kappa shape index (κ2) is 25.9. The van der Waals surface area contributed by atoms with Crippen molar-refractivity contribution in [3.63, 3.8) is 0 Å². The van der Waals surface area contributed by atoms with E-state index in [2.05, 4.69) is 54.2 Å². The zero-order chi connectivity index (χ0) is 38.1. The molecule has 1 aliphatic heterocycles. The first-order valence-corrected chi connectivity index (χ1v) is 18.8. The molecule has 13 heteroatoms. The second-order valence-corrected chi connectivity index (χ2v) is 13.4. The molecule has 0 bridgehead atoms. The van der Waals surface area contributed by atoms with Crippen molar-refractivity contribution in [2.45, 2.75) is 96.9 Å². The maximum Gasteiger partial charge on any atom is 0.237 e.